The van der Waals surface area contributed by atoms with Gasteiger partial charge in [-0.15, -0.1) is 0 Å². The molecular weight excluding hydrogens is 326 g/mol. The third-order valence-electron chi connectivity index (χ3n) is 3.13. The molecule has 140 valence electrons. The van der Waals surface area contributed by atoms with Crippen LogP contribution in [0.1, 0.15) is 38.1 Å². The molecule has 0 unspecified atom stereocenters. The molecule has 0 saturated carbocycles. The van der Waals surface area contributed by atoms with Gasteiger partial charge in [-0.05, 0) is 5.92 Å². The van der Waals surface area contributed by atoms with Gasteiger partial charge in [0.1, 0.15) is 12.2 Å². The summed E-state index contributed by atoms with van der Waals surface area (Å²) in [6.07, 6.45) is 4.23. The van der Waals surface area contributed by atoms with Crippen LogP contribution in [0, 0.1) is 11.3 Å². The third-order valence-corrected chi connectivity index (χ3v) is 3.13. The molecule has 0 bridgehead atoms. The topological polar surface area (TPSA) is 93.9 Å². The first-order valence-electron chi connectivity index (χ1n) is 8.00. The fourth-order valence-corrected chi connectivity index (χ4v) is 1.69. The van der Waals surface area contributed by atoms with Crippen LogP contribution >= 0.6 is 0 Å². The molecule has 0 aliphatic carbocycles. The number of carbonyl (C=O) groups is 2. The molecule has 25 heavy (non-hydrogen) atoms. The van der Waals surface area contributed by atoms with Crippen molar-refractivity contribution in [3.8, 4) is 5.88 Å². The van der Waals surface area contributed by atoms with Crippen molar-refractivity contribution >= 4 is 18.3 Å². The van der Waals surface area contributed by atoms with Crippen LogP contribution in [0.5, 0.6) is 5.88 Å². The first-order valence-corrected chi connectivity index (χ1v) is 8.00. The summed E-state index contributed by atoms with van der Waals surface area (Å²) in [6.45, 7) is 8.28. The summed E-state index contributed by atoms with van der Waals surface area (Å²) in [7, 11) is 3.22. The molecule has 1 heterocycles. The maximum absolute atomic E-state index is 11.5. The van der Waals surface area contributed by atoms with E-state index in [-0.39, 0.29) is 24.0 Å². The largest absolute Gasteiger partial charge is 0.477 e. The molecule has 1 rings (SSSR count). The number of hydrogen-bond donors (Lipinski definition) is 1. The molecule has 0 atom stereocenters. The van der Waals surface area contributed by atoms with Gasteiger partial charge in [0, 0.05) is 25.7 Å². The first-order chi connectivity index (χ1) is 11.5. The average molecular weight is 353 g/mol. The summed E-state index contributed by atoms with van der Waals surface area (Å²) >= 11 is 0. The van der Waals surface area contributed by atoms with E-state index in [9.17, 15) is 14.7 Å². The molecule has 8 heteroatoms. The lowest BCUT2D eigenvalue weighted by molar-refractivity contribution is 0.0691. The fourth-order valence-electron chi connectivity index (χ4n) is 1.69. The number of nitrogens with zero attached hydrogens (tertiary/aromatic N) is 3. The van der Waals surface area contributed by atoms with E-state index in [1.807, 2.05) is 27.7 Å². The molecule has 0 fully saturated rings. The summed E-state index contributed by atoms with van der Waals surface area (Å²) in [5.74, 6) is -0.674. The summed E-state index contributed by atoms with van der Waals surface area (Å²) in [6, 6.07) is 0. The lowest BCUT2D eigenvalue weighted by Crippen LogP contribution is -2.27. The Bertz CT molecular complexity index is 632. The van der Waals surface area contributed by atoms with Crippen LogP contribution in [-0.4, -0.2) is 59.2 Å². The summed E-state index contributed by atoms with van der Waals surface area (Å²) in [5, 5.41) is 13.3. The molecule has 1 aromatic rings. The van der Waals surface area contributed by atoms with E-state index in [0.29, 0.717) is 6.61 Å². The second-order valence-corrected chi connectivity index (χ2v) is 7.07. The van der Waals surface area contributed by atoms with E-state index in [4.69, 9.17) is 9.47 Å². The molecule has 0 aliphatic heterocycles. The maximum atomic E-state index is 11.5. The molecular formula is C17H27N3O5. The van der Waals surface area contributed by atoms with E-state index in [2.05, 4.69) is 5.10 Å². The second-order valence-electron chi connectivity index (χ2n) is 7.07. The van der Waals surface area contributed by atoms with Crippen molar-refractivity contribution in [2.24, 2.45) is 11.3 Å². The highest BCUT2D eigenvalue weighted by molar-refractivity contribution is 5.90. The molecule has 1 aromatic heterocycles. The van der Waals surface area contributed by atoms with Crippen LogP contribution in [0.25, 0.3) is 6.20 Å². The average Bonchev–Trinajstić information content (AvgIpc) is 2.91. The summed E-state index contributed by atoms with van der Waals surface area (Å²) in [4.78, 5) is 24.2. The smallest absolute Gasteiger partial charge is 0.409 e. The van der Waals surface area contributed by atoms with Gasteiger partial charge in [-0.2, -0.15) is 5.10 Å². The molecule has 0 spiro atoms. The predicted octanol–water partition coefficient (Wildman–Crippen LogP) is 2.81. The summed E-state index contributed by atoms with van der Waals surface area (Å²) in [5.41, 5.74) is -0.460. The third kappa shape index (κ3) is 6.48. The van der Waals surface area contributed by atoms with Crippen molar-refractivity contribution in [1.29, 1.82) is 0 Å². The molecule has 0 aliphatic rings. The van der Waals surface area contributed by atoms with Crippen molar-refractivity contribution < 1.29 is 24.2 Å². The lowest BCUT2D eigenvalue weighted by atomic mass is 9.95. The highest BCUT2D eigenvalue weighted by atomic mass is 16.6. The number of aromatic carboxylic acids is 1. The van der Waals surface area contributed by atoms with Crippen molar-refractivity contribution in [1.82, 2.24) is 14.7 Å². The van der Waals surface area contributed by atoms with Crippen molar-refractivity contribution in [2.75, 3.05) is 27.3 Å². The Labute approximate surface area is 148 Å². The van der Waals surface area contributed by atoms with Gasteiger partial charge in [0.15, 0.2) is 0 Å². The van der Waals surface area contributed by atoms with Crippen molar-refractivity contribution in [3.05, 3.63) is 17.8 Å². The van der Waals surface area contributed by atoms with Crippen molar-refractivity contribution in [2.45, 2.75) is 27.7 Å². The van der Waals surface area contributed by atoms with Crippen LogP contribution in [0.15, 0.2) is 12.3 Å². The zero-order valence-corrected chi connectivity index (χ0v) is 15.6. The Hall–Kier alpha value is -2.51. The lowest BCUT2D eigenvalue weighted by Gasteiger charge is -2.21. The minimum absolute atomic E-state index is 0.00198. The Morgan fingerprint density at radius 2 is 2.04 bits per heavy atom. The van der Waals surface area contributed by atoms with E-state index in [1.165, 1.54) is 15.8 Å². The molecule has 1 amide bonds. The number of amides is 1. The van der Waals surface area contributed by atoms with Crippen LogP contribution in [0.4, 0.5) is 4.79 Å². The van der Waals surface area contributed by atoms with E-state index < -0.39 is 17.5 Å². The fraction of sp³-hybridized carbons (Fsp3) is 0.588. The van der Waals surface area contributed by atoms with Gasteiger partial charge >= 0.3 is 12.1 Å². The van der Waals surface area contributed by atoms with Crippen molar-refractivity contribution in [3.63, 3.8) is 0 Å². The normalized spacial score (nSPS) is 11.8. The molecule has 0 radical (unpaired) electrons. The molecule has 8 nitrogen and oxygen atoms in total. The number of aromatic nitrogens is 2. The Morgan fingerprint density at radius 1 is 1.40 bits per heavy atom. The van der Waals surface area contributed by atoms with E-state index >= 15 is 0 Å². The first kappa shape index (κ1) is 20.5. The summed E-state index contributed by atoms with van der Waals surface area (Å²) < 4.78 is 12.2. The van der Waals surface area contributed by atoms with E-state index in [1.54, 1.807) is 26.4 Å². The van der Waals surface area contributed by atoms with Gasteiger partial charge in [0.2, 0.25) is 5.88 Å². The van der Waals surface area contributed by atoms with E-state index in [0.717, 1.165) is 0 Å². The highest BCUT2D eigenvalue weighted by Crippen LogP contribution is 2.23. The zero-order valence-electron chi connectivity index (χ0n) is 15.6. The Kier molecular flexibility index (Phi) is 7.02. The number of rotatable bonds is 8. The van der Waals surface area contributed by atoms with Gasteiger partial charge in [-0.3, -0.25) is 0 Å². The van der Waals surface area contributed by atoms with Crippen LogP contribution < -0.4 is 4.74 Å². The number of carboxylic acid groups (broad SMARTS) is 1. The van der Waals surface area contributed by atoms with Gasteiger partial charge in [-0.1, -0.05) is 33.8 Å². The molecule has 0 saturated heterocycles. The van der Waals surface area contributed by atoms with Gasteiger partial charge < -0.3 is 19.5 Å². The number of ether oxygens (including phenoxy) is 2. The number of hydrogen-bond acceptors (Lipinski definition) is 5. The molecule has 1 N–H and O–H groups in total. The maximum Gasteiger partial charge on any atom is 0.409 e. The predicted molar refractivity (Wildman–Crippen MR) is 93.7 cm³/mol. The Balaban J connectivity index is 2.91. The van der Waals surface area contributed by atoms with Gasteiger partial charge in [0.05, 0.1) is 12.8 Å². The standard InChI is InChI=1S/C17H27N3O5/c1-12(2)10-24-14-13(15(21)22)9-18-20(14)8-7-17(3,4)11-25-16(23)19(5)6/h7-9,12H,10-11H2,1-6H3,(H,21,22). The molecule has 0 aromatic carbocycles. The quantitative estimate of drug-likeness (QED) is 0.772. The van der Waals surface area contributed by atoms with Crippen LogP contribution in [0.3, 0.4) is 0 Å². The SMILES string of the molecule is CC(C)COc1c(C(=O)O)cnn1C=CC(C)(C)COC(=O)N(C)C. The number of carbonyl (C=O) groups excluding carboxylic acids is 1. The zero-order chi connectivity index (χ0) is 19.2. The van der Waals surface area contributed by atoms with Gasteiger partial charge in [0.25, 0.3) is 0 Å². The van der Waals surface area contributed by atoms with Gasteiger partial charge in [-0.25, -0.2) is 14.3 Å². The second kappa shape index (κ2) is 8.55. The van der Waals surface area contributed by atoms with Crippen LogP contribution in [-0.2, 0) is 4.74 Å². The highest BCUT2D eigenvalue weighted by Gasteiger charge is 2.20. The number of carboxylic acids is 1. The monoisotopic (exact) mass is 353 g/mol. The minimum Gasteiger partial charge on any atom is -0.477 e. The van der Waals surface area contributed by atoms with Crippen LogP contribution in [0.2, 0.25) is 0 Å². The Morgan fingerprint density at radius 3 is 2.56 bits per heavy atom. The minimum atomic E-state index is -1.10.